The van der Waals surface area contributed by atoms with Crippen LogP contribution in [0.4, 0.5) is 0 Å². The van der Waals surface area contributed by atoms with Gasteiger partial charge >= 0.3 is 0 Å². The molecule has 0 saturated heterocycles. The lowest BCUT2D eigenvalue weighted by atomic mass is 10.1. The minimum absolute atomic E-state index is 0.118. The number of carbonyl (C=O) groups is 1. The van der Waals surface area contributed by atoms with Crippen molar-refractivity contribution < 1.29 is 9.53 Å². The number of hydrogen-bond acceptors (Lipinski definition) is 3. The van der Waals surface area contributed by atoms with Crippen molar-refractivity contribution in [3.63, 3.8) is 0 Å². The van der Waals surface area contributed by atoms with Gasteiger partial charge in [0, 0.05) is 19.9 Å². The van der Waals surface area contributed by atoms with Gasteiger partial charge in [-0.1, -0.05) is 54.1 Å². The molecular weight excluding hydrogens is 326 g/mol. The third kappa shape index (κ3) is 4.80. The maximum Gasteiger partial charge on any atom is 0.254 e. The minimum Gasteiger partial charge on any atom is -0.380 e. The molecule has 0 aliphatic carbocycles. The fraction of sp³-hybridized carbons (Fsp3) is 0.238. The molecule has 1 heterocycles. The smallest absolute Gasteiger partial charge is 0.254 e. The number of methoxy groups -OCH3 is 1. The van der Waals surface area contributed by atoms with E-state index >= 15 is 0 Å². The maximum atomic E-state index is 12.3. The largest absolute Gasteiger partial charge is 0.380 e. The van der Waals surface area contributed by atoms with Gasteiger partial charge in [0.2, 0.25) is 0 Å². The van der Waals surface area contributed by atoms with Crippen molar-refractivity contribution >= 4 is 5.91 Å². The molecule has 134 valence electrons. The average molecular weight is 349 g/mol. The Bertz CT molecular complexity index is 852. The Balaban J connectivity index is 1.56. The van der Waals surface area contributed by atoms with Gasteiger partial charge in [0.25, 0.3) is 5.91 Å². The average Bonchev–Trinajstić information content (AvgIpc) is 3.11. The van der Waals surface area contributed by atoms with Crippen LogP contribution >= 0.6 is 0 Å². The molecule has 1 aromatic heterocycles. The molecule has 1 N–H and O–H groups in total. The monoisotopic (exact) mass is 349 g/mol. The lowest BCUT2D eigenvalue weighted by Gasteiger charge is -2.05. The molecule has 0 spiro atoms. The first kappa shape index (κ1) is 17.9. The number of hydrogen-bond donors (Lipinski definition) is 1. The molecule has 0 atom stereocenters. The van der Waals surface area contributed by atoms with Crippen LogP contribution in [-0.4, -0.2) is 22.8 Å². The highest BCUT2D eigenvalue weighted by atomic mass is 16.5. The molecule has 0 aliphatic rings. The Kier molecular flexibility index (Phi) is 5.81. The van der Waals surface area contributed by atoms with E-state index in [9.17, 15) is 4.79 Å². The standard InChI is InChI=1S/C21H23N3O2/c1-16-3-5-17(6-4-16)11-22-21(25)20-12-23-24(14-20)13-18-7-9-19(10-8-18)15-26-2/h3-10,12,14H,11,13,15H2,1-2H3,(H,22,25). The van der Waals surface area contributed by atoms with E-state index in [1.807, 2.05) is 55.5 Å². The van der Waals surface area contributed by atoms with Crippen LogP contribution in [0.15, 0.2) is 60.9 Å². The van der Waals surface area contributed by atoms with Gasteiger partial charge < -0.3 is 10.1 Å². The van der Waals surface area contributed by atoms with E-state index < -0.39 is 0 Å². The molecule has 0 aliphatic heterocycles. The third-order valence-corrected chi connectivity index (χ3v) is 4.15. The highest BCUT2D eigenvalue weighted by Gasteiger charge is 2.08. The predicted molar refractivity (Wildman–Crippen MR) is 101 cm³/mol. The minimum atomic E-state index is -0.118. The van der Waals surface area contributed by atoms with Crippen LogP contribution in [0, 0.1) is 6.92 Å². The number of aryl methyl sites for hydroxylation is 1. The number of benzene rings is 2. The second-order valence-corrected chi connectivity index (χ2v) is 6.34. The topological polar surface area (TPSA) is 56.1 Å². The van der Waals surface area contributed by atoms with Gasteiger partial charge in [-0.25, -0.2) is 0 Å². The molecule has 0 saturated carbocycles. The third-order valence-electron chi connectivity index (χ3n) is 4.15. The number of nitrogens with one attached hydrogen (secondary N) is 1. The Morgan fingerprint density at radius 2 is 1.69 bits per heavy atom. The quantitative estimate of drug-likeness (QED) is 0.712. The normalized spacial score (nSPS) is 10.7. The highest BCUT2D eigenvalue weighted by molar-refractivity contribution is 5.93. The zero-order chi connectivity index (χ0) is 18.4. The van der Waals surface area contributed by atoms with E-state index in [1.165, 1.54) is 5.56 Å². The van der Waals surface area contributed by atoms with Crippen LogP contribution in [0.3, 0.4) is 0 Å². The van der Waals surface area contributed by atoms with E-state index in [0.29, 0.717) is 25.3 Å². The number of nitrogens with zero attached hydrogens (tertiary/aromatic N) is 2. The predicted octanol–water partition coefficient (Wildman–Crippen LogP) is 3.32. The summed E-state index contributed by atoms with van der Waals surface area (Å²) < 4.78 is 6.88. The van der Waals surface area contributed by atoms with E-state index in [0.717, 1.165) is 16.7 Å². The number of ether oxygens (including phenoxy) is 1. The van der Waals surface area contributed by atoms with Crippen LogP contribution in [-0.2, 0) is 24.4 Å². The molecule has 0 radical (unpaired) electrons. The molecule has 5 heteroatoms. The van der Waals surface area contributed by atoms with Gasteiger partial charge in [-0.15, -0.1) is 0 Å². The summed E-state index contributed by atoms with van der Waals surface area (Å²) >= 11 is 0. The molecule has 3 rings (SSSR count). The summed E-state index contributed by atoms with van der Waals surface area (Å²) in [5.74, 6) is -0.118. The van der Waals surface area contributed by atoms with E-state index in [2.05, 4.69) is 10.4 Å². The van der Waals surface area contributed by atoms with Crippen LogP contribution in [0.25, 0.3) is 0 Å². The fourth-order valence-corrected chi connectivity index (χ4v) is 2.65. The lowest BCUT2D eigenvalue weighted by Crippen LogP contribution is -2.22. The van der Waals surface area contributed by atoms with Crippen LogP contribution < -0.4 is 5.32 Å². The number of amides is 1. The van der Waals surface area contributed by atoms with Crippen molar-refractivity contribution in [2.45, 2.75) is 26.6 Å². The van der Waals surface area contributed by atoms with Crippen molar-refractivity contribution in [1.29, 1.82) is 0 Å². The number of aromatic nitrogens is 2. The summed E-state index contributed by atoms with van der Waals surface area (Å²) in [6, 6.07) is 16.3. The number of rotatable bonds is 7. The van der Waals surface area contributed by atoms with Crippen LogP contribution in [0.5, 0.6) is 0 Å². The van der Waals surface area contributed by atoms with E-state index in [1.54, 1.807) is 24.2 Å². The molecule has 26 heavy (non-hydrogen) atoms. The zero-order valence-corrected chi connectivity index (χ0v) is 15.1. The van der Waals surface area contributed by atoms with Gasteiger partial charge in [0.15, 0.2) is 0 Å². The van der Waals surface area contributed by atoms with Crippen molar-refractivity contribution in [3.05, 3.63) is 88.7 Å². The molecule has 5 nitrogen and oxygen atoms in total. The Labute approximate surface area is 153 Å². The second kappa shape index (κ2) is 8.45. The summed E-state index contributed by atoms with van der Waals surface area (Å²) in [6.45, 7) is 3.78. The maximum absolute atomic E-state index is 12.3. The molecule has 0 bridgehead atoms. The van der Waals surface area contributed by atoms with E-state index in [4.69, 9.17) is 4.74 Å². The second-order valence-electron chi connectivity index (χ2n) is 6.34. The first-order chi connectivity index (χ1) is 12.6. The van der Waals surface area contributed by atoms with E-state index in [-0.39, 0.29) is 5.91 Å². The summed E-state index contributed by atoms with van der Waals surface area (Å²) in [5, 5.41) is 7.22. The van der Waals surface area contributed by atoms with Crippen molar-refractivity contribution in [2.75, 3.05) is 7.11 Å². The van der Waals surface area contributed by atoms with Gasteiger partial charge in [-0.05, 0) is 23.6 Å². The van der Waals surface area contributed by atoms with Gasteiger partial charge in [-0.3, -0.25) is 9.48 Å². The van der Waals surface area contributed by atoms with Gasteiger partial charge in [0.05, 0.1) is 24.9 Å². The summed E-state index contributed by atoms with van der Waals surface area (Å²) in [7, 11) is 1.68. The van der Waals surface area contributed by atoms with Crippen molar-refractivity contribution in [1.82, 2.24) is 15.1 Å². The van der Waals surface area contributed by atoms with Crippen molar-refractivity contribution in [2.24, 2.45) is 0 Å². The summed E-state index contributed by atoms with van der Waals surface area (Å²) in [4.78, 5) is 12.3. The Morgan fingerprint density at radius 1 is 1.04 bits per heavy atom. The van der Waals surface area contributed by atoms with Gasteiger partial charge in [0.1, 0.15) is 0 Å². The molecule has 0 unspecified atom stereocenters. The summed E-state index contributed by atoms with van der Waals surface area (Å²) in [5.41, 5.74) is 5.10. The molecule has 0 fully saturated rings. The first-order valence-corrected chi connectivity index (χ1v) is 8.57. The number of carbonyl (C=O) groups excluding carboxylic acids is 1. The van der Waals surface area contributed by atoms with Crippen LogP contribution in [0.2, 0.25) is 0 Å². The molecule has 3 aromatic rings. The lowest BCUT2D eigenvalue weighted by molar-refractivity contribution is 0.0951. The SMILES string of the molecule is COCc1ccc(Cn2cc(C(=O)NCc3ccc(C)cc3)cn2)cc1. The van der Waals surface area contributed by atoms with Gasteiger partial charge in [-0.2, -0.15) is 5.10 Å². The Hall–Kier alpha value is -2.92. The zero-order valence-electron chi connectivity index (χ0n) is 15.1. The Morgan fingerprint density at radius 3 is 2.38 bits per heavy atom. The first-order valence-electron chi connectivity index (χ1n) is 8.57. The molecule has 1 amide bonds. The van der Waals surface area contributed by atoms with Crippen LogP contribution in [0.1, 0.15) is 32.6 Å². The molecule has 2 aromatic carbocycles. The molecular formula is C21H23N3O2. The van der Waals surface area contributed by atoms with Crippen molar-refractivity contribution in [3.8, 4) is 0 Å². The highest BCUT2D eigenvalue weighted by Crippen LogP contribution is 2.08. The fourth-order valence-electron chi connectivity index (χ4n) is 2.65. The summed E-state index contributed by atoms with van der Waals surface area (Å²) in [6.07, 6.45) is 3.37.